The summed E-state index contributed by atoms with van der Waals surface area (Å²) in [6.07, 6.45) is 4.67. The zero-order valence-corrected chi connectivity index (χ0v) is 26.1. The lowest BCUT2D eigenvalue weighted by Crippen LogP contribution is -2.39. The van der Waals surface area contributed by atoms with Crippen molar-refractivity contribution in [2.75, 3.05) is 25.0 Å². The Morgan fingerprint density at radius 3 is 2.54 bits per heavy atom. The molecule has 0 radical (unpaired) electrons. The molecule has 1 saturated heterocycles. The number of carbonyl (C=O) groups excluding carboxylic acids is 1. The van der Waals surface area contributed by atoms with E-state index in [2.05, 4.69) is 33.2 Å². The van der Waals surface area contributed by atoms with Crippen molar-refractivity contribution in [2.24, 2.45) is 5.92 Å². The van der Waals surface area contributed by atoms with Gasteiger partial charge in [-0.2, -0.15) is 18.4 Å². The van der Waals surface area contributed by atoms with E-state index in [0.717, 1.165) is 55.3 Å². The number of halogens is 3. The first kappa shape index (κ1) is 32.6. The third-order valence-corrected chi connectivity index (χ3v) is 8.47. The van der Waals surface area contributed by atoms with Crippen LogP contribution in [0.1, 0.15) is 55.6 Å². The molecule has 1 aromatic carbocycles. The maximum atomic E-state index is 13.5. The van der Waals surface area contributed by atoms with Gasteiger partial charge in [-0.15, -0.1) is 0 Å². The maximum absolute atomic E-state index is 13.5. The third kappa shape index (κ3) is 8.45. The second kappa shape index (κ2) is 14.1. The van der Waals surface area contributed by atoms with Crippen LogP contribution < -0.4 is 5.32 Å². The Bertz CT molecular complexity index is 1750. The highest BCUT2D eigenvalue weighted by Gasteiger charge is 2.30. The molecule has 3 aromatic heterocycles. The summed E-state index contributed by atoms with van der Waals surface area (Å²) in [5.41, 5.74) is 3.44. The van der Waals surface area contributed by atoms with Crippen molar-refractivity contribution in [2.45, 2.75) is 64.1 Å². The van der Waals surface area contributed by atoms with Crippen LogP contribution in [0.15, 0.2) is 67.1 Å². The van der Waals surface area contributed by atoms with Gasteiger partial charge in [-0.05, 0) is 98.9 Å². The number of benzene rings is 1. The molecule has 1 aliphatic heterocycles. The third-order valence-electron chi connectivity index (χ3n) is 8.47. The smallest absolute Gasteiger partial charge is 0.373 e. The van der Waals surface area contributed by atoms with E-state index in [0.29, 0.717) is 34.9 Å². The van der Waals surface area contributed by atoms with Crippen LogP contribution >= 0.6 is 0 Å². The van der Waals surface area contributed by atoms with Gasteiger partial charge in [0.15, 0.2) is 0 Å². The average molecular weight is 627 g/mol. The lowest BCUT2D eigenvalue weighted by molar-refractivity contribution is -0.140. The SMILES string of the molecule is CC(C)(C#N)c1ccc(NCC#Cc2cc3cc(CCC4CCN(C(=O)Cc5cccnc5)CC4)ccc3n2CC(F)(F)F)cn1. The van der Waals surface area contributed by atoms with E-state index < -0.39 is 18.1 Å². The predicted octanol–water partition coefficient (Wildman–Crippen LogP) is 6.67. The molecule has 46 heavy (non-hydrogen) atoms. The van der Waals surface area contributed by atoms with E-state index in [1.165, 1.54) is 4.57 Å². The van der Waals surface area contributed by atoms with E-state index in [1.807, 2.05) is 29.2 Å². The van der Waals surface area contributed by atoms with Gasteiger partial charge in [0.2, 0.25) is 5.91 Å². The van der Waals surface area contributed by atoms with Gasteiger partial charge >= 0.3 is 6.18 Å². The minimum atomic E-state index is -4.39. The standard InChI is InChI=1S/C36H37F3N6O/c1-35(2,24-40)33-12-10-30(23-43-33)42-16-4-6-31-21-29-19-27(9-11-32(29)45(31)25-36(37,38)39)8-7-26-13-17-44(18-14-26)34(46)20-28-5-3-15-41-22-28/h3,5,9-12,15,19,21-23,26,42H,7-8,13-14,16-18,20,25H2,1-2H3. The number of nitrogens with one attached hydrogen (secondary N) is 1. The number of pyridine rings is 2. The molecule has 7 nitrogen and oxygen atoms in total. The molecule has 1 aliphatic rings. The fourth-order valence-corrected chi connectivity index (χ4v) is 5.77. The molecule has 238 valence electrons. The normalized spacial score (nSPS) is 14.0. The fourth-order valence-electron chi connectivity index (χ4n) is 5.77. The first-order valence-electron chi connectivity index (χ1n) is 15.5. The quantitative estimate of drug-likeness (QED) is 0.210. The predicted molar refractivity (Wildman–Crippen MR) is 172 cm³/mol. The van der Waals surface area contributed by atoms with Crippen molar-refractivity contribution in [3.63, 3.8) is 0 Å². The first-order valence-corrected chi connectivity index (χ1v) is 15.5. The summed E-state index contributed by atoms with van der Waals surface area (Å²) < 4.78 is 41.8. The Hall–Kier alpha value is -4.83. The number of aromatic nitrogens is 3. The number of fused-ring (bicyclic) bond motifs is 1. The summed E-state index contributed by atoms with van der Waals surface area (Å²) >= 11 is 0. The van der Waals surface area contributed by atoms with Gasteiger partial charge in [0, 0.05) is 36.4 Å². The second-order valence-electron chi connectivity index (χ2n) is 12.3. The molecule has 0 aliphatic carbocycles. The van der Waals surface area contributed by atoms with E-state index in [1.54, 1.807) is 56.7 Å². The number of aryl methyl sites for hydroxylation is 1. The molecule has 0 saturated carbocycles. The first-order chi connectivity index (χ1) is 22.0. The van der Waals surface area contributed by atoms with Crippen LogP contribution in [0.2, 0.25) is 0 Å². The topological polar surface area (TPSA) is 86.8 Å². The number of likely N-dealkylation sites (tertiary alicyclic amines) is 1. The van der Waals surface area contributed by atoms with E-state index in [9.17, 15) is 23.2 Å². The summed E-state index contributed by atoms with van der Waals surface area (Å²) in [6, 6.07) is 16.9. The van der Waals surface area contributed by atoms with Crippen LogP contribution in [0.25, 0.3) is 10.9 Å². The average Bonchev–Trinajstić information content (AvgIpc) is 3.37. The zero-order chi connectivity index (χ0) is 32.7. The highest BCUT2D eigenvalue weighted by molar-refractivity contribution is 5.83. The van der Waals surface area contributed by atoms with Crippen LogP contribution in [0, 0.1) is 29.1 Å². The van der Waals surface area contributed by atoms with Gasteiger partial charge in [-0.25, -0.2) is 0 Å². The molecule has 4 heterocycles. The summed E-state index contributed by atoms with van der Waals surface area (Å²) in [5, 5.41) is 13.1. The van der Waals surface area contributed by atoms with E-state index in [4.69, 9.17) is 0 Å². The van der Waals surface area contributed by atoms with Gasteiger partial charge in [-0.1, -0.05) is 18.1 Å². The number of hydrogen-bond donors (Lipinski definition) is 1. The number of amides is 1. The van der Waals surface area contributed by atoms with Crippen molar-refractivity contribution in [3.8, 4) is 17.9 Å². The van der Waals surface area contributed by atoms with Gasteiger partial charge in [0.1, 0.15) is 6.54 Å². The Morgan fingerprint density at radius 1 is 1.07 bits per heavy atom. The summed E-state index contributed by atoms with van der Waals surface area (Å²) in [5.74, 6) is 6.48. The Labute approximate surface area is 267 Å². The Kier molecular flexibility index (Phi) is 9.96. The molecule has 0 unspecified atom stereocenters. The number of nitrogens with zero attached hydrogens (tertiary/aromatic N) is 5. The van der Waals surface area contributed by atoms with Crippen molar-refractivity contribution in [1.82, 2.24) is 19.4 Å². The Morgan fingerprint density at radius 2 is 1.87 bits per heavy atom. The van der Waals surface area contributed by atoms with Crippen molar-refractivity contribution >= 4 is 22.5 Å². The summed E-state index contributed by atoms with van der Waals surface area (Å²) in [4.78, 5) is 23.1. The lowest BCUT2D eigenvalue weighted by atomic mass is 9.90. The molecule has 1 fully saturated rings. The molecule has 4 aromatic rings. The van der Waals surface area contributed by atoms with Crippen LogP contribution in [0.3, 0.4) is 0 Å². The maximum Gasteiger partial charge on any atom is 0.406 e. The molecular weight excluding hydrogens is 589 g/mol. The lowest BCUT2D eigenvalue weighted by Gasteiger charge is -2.32. The van der Waals surface area contributed by atoms with E-state index >= 15 is 0 Å². The molecule has 1 N–H and O–H groups in total. The molecule has 0 bridgehead atoms. The minimum Gasteiger partial charge on any atom is -0.373 e. The number of piperidine rings is 1. The molecule has 0 atom stereocenters. The molecule has 0 spiro atoms. The molecule has 10 heteroatoms. The number of nitriles is 1. The molecular formula is C36H37F3N6O. The number of alkyl halides is 3. The zero-order valence-electron chi connectivity index (χ0n) is 26.1. The second-order valence-corrected chi connectivity index (χ2v) is 12.3. The highest BCUT2D eigenvalue weighted by Crippen LogP contribution is 2.28. The monoisotopic (exact) mass is 626 g/mol. The van der Waals surface area contributed by atoms with Gasteiger partial charge in [-0.3, -0.25) is 14.8 Å². The van der Waals surface area contributed by atoms with Gasteiger partial charge in [0.05, 0.1) is 47.7 Å². The minimum absolute atomic E-state index is 0.127. The van der Waals surface area contributed by atoms with Crippen molar-refractivity contribution < 1.29 is 18.0 Å². The summed E-state index contributed by atoms with van der Waals surface area (Å²) in [6.45, 7) is 4.15. The van der Waals surface area contributed by atoms with Crippen LogP contribution in [0.5, 0.6) is 0 Å². The number of rotatable bonds is 9. The fraction of sp³-hybridized carbons (Fsp3) is 0.389. The summed E-state index contributed by atoms with van der Waals surface area (Å²) in [7, 11) is 0. The van der Waals surface area contributed by atoms with Crippen LogP contribution in [0.4, 0.5) is 18.9 Å². The molecule has 5 rings (SSSR count). The van der Waals surface area contributed by atoms with Crippen molar-refractivity contribution in [3.05, 3.63) is 89.6 Å². The van der Waals surface area contributed by atoms with Gasteiger partial charge < -0.3 is 14.8 Å². The largest absolute Gasteiger partial charge is 0.406 e. The van der Waals surface area contributed by atoms with Crippen LogP contribution in [-0.2, 0) is 29.6 Å². The molecule has 1 amide bonds. The number of hydrogen-bond acceptors (Lipinski definition) is 5. The number of carbonyl (C=O) groups is 1. The number of anilines is 1. The van der Waals surface area contributed by atoms with Crippen molar-refractivity contribution in [1.29, 1.82) is 5.26 Å². The van der Waals surface area contributed by atoms with E-state index in [-0.39, 0.29) is 12.5 Å². The van der Waals surface area contributed by atoms with Crippen LogP contribution in [-0.4, -0.2) is 51.2 Å². The highest BCUT2D eigenvalue weighted by atomic mass is 19.4. The van der Waals surface area contributed by atoms with Gasteiger partial charge in [0.25, 0.3) is 0 Å². The Balaban J connectivity index is 1.19.